The molecule has 0 bridgehead atoms. The highest BCUT2D eigenvalue weighted by molar-refractivity contribution is 9.10. The molecule has 1 atom stereocenters. The van der Waals surface area contributed by atoms with Gasteiger partial charge in [0.1, 0.15) is 0 Å². The molecule has 2 nitrogen and oxygen atoms in total. The van der Waals surface area contributed by atoms with Gasteiger partial charge < -0.3 is 5.73 Å². The van der Waals surface area contributed by atoms with Crippen molar-refractivity contribution < 1.29 is 0 Å². The summed E-state index contributed by atoms with van der Waals surface area (Å²) in [7, 11) is 0. The first kappa shape index (κ1) is 9.24. The van der Waals surface area contributed by atoms with E-state index >= 15 is 0 Å². The molecule has 0 aliphatic rings. The van der Waals surface area contributed by atoms with Crippen LogP contribution in [0.15, 0.2) is 22.8 Å². The molecule has 0 fully saturated rings. The fraction of sp³-hybridized carbons (Fsp3) is 0.222. The Hall–Kier alpha value is -0.850. The van der Waals surface area contributed by atoms with Crippen molar-refractivity contribution >= 4 is 15.9 Å². The highest BCUT2D eigenvalue weighted by Crippen LogP contribution is 2.20. The second-order valence-corrected chi connectivity index (χ2v) is 3.24. The Kier molecular flexibility index (Phi) is 3.27. The Bertz CT molecular complexity index is 304. The molecule has 0 radical (unpaired) electrons. The predicted molar refractivity (Wildman–Crippen MR) is 52.3 cm³/mol. The lowest BCUT2D eigenvalue weighted by Gasteiger charge is -2.08. The molecule has 1 aromatic heterocycles. The minimum atomic E-state index is -0.175. The van der Waals surface area contributed by atoms with Gasteiger partial charge in [0.25, 0.3) is 0 Å². The van der Waals surface area contributed by atoms with E-state index in [2.05, 4.69) is 26.8 Å². The standard InChI is InChI=1S/C9H9BrN2/c1-2-4-8(11)9-7(10)5-3-6-12-9/h1,3,5-6,8H,4,11H2. The molecule has 0 aliphatic carbocycles. The summed E-state index contributed by atoms with van der Waals surface area (Å²) in [6.45, 7) is 0. The molecular formula is C9H9BrN2. The topological polar surface area (TPSA) is 38.9 Å². The van der Waals surface area contributed by atoms with Crippen LogP contribution in [0.2, 0.25) is 0 Å². The summed E-state index contributed by atoms with van der Waals surface area (Å²) in [5.74, 6) is 2.51. The van der Waals surface area contributed by atoms with Gasteiger partial charge in [-0.15, -0.1) is 12.3 Å². The maximum absolute atomic E-state index is 5.77. The van der Waals surface area contributed by atoms with Crippen molar-refractivity contribution in [3.63, 3.8) is 0 Å². The SMILES string of the molecule is C#CCC(N)c1ncccc1Br. The number of hydrogen-bond donors (Lipinski definition) is 1. The molecular weight excluding hydrogens is 216 g/mol. The second kappa shape index (κ2) is 4.24. The molecule has 1 rings (SSSR count). The lowest BCUT2D eigenvalue weighted by Crippen LogP contribution is -2.11. The largest absolute Gasteiger partial charge is 0.322 e. The van der Waals surface area contributed by atoms with Crippen LogP contribution in [0.4, 0.5) is 0 Å². The Morgan fingerprint density at radius 2 is 2.50 bits per heavy atom. The zero-order valence-corrected chi connectivity index (χ0v) is 8.08. The number of hydrogen-bond acceptors (Lipinski definition) is 2. The van der Waals surface area contributed by atoms with Crippen molar-refractivity contribution in [2.24, 2.45) is 5.73 Å². The van der Waals surface area contributed by atoms with E-state index in [0.717, 1.165) is 10.2 Å². The second-order valence-electron chi connectivity index (χ2n) is 2.39. The minimum absolute atomic E-state index is 0.175. The van der Waals surface area contributed by atoms with Crippen molar-refractivity contribution in [1.29, 1.82) is 0 Å². The number of rotatable bonds is 2. The van der Waals surface area contributed by atoms with Gasteiger partial charge in [-0.25, -0.2) is 0 Å². The maximum atomic E-state index is 5.77. The van der Waals surface area contributed by atoms with Crippen LogP contribution in [0, 0.1) is 12.3 Å². The molecule has 3 heteroatoms. The Morgan fingerprint density at radius 1 is 1.75 bits per heavy atom. The maximum Gasteiger partial charge on any atom is 0.0722 e. The van der Waals surface area contributed by atoms with Crippen LogP contribution in [-0.2, 0) is 0 Å². The Balaban J connectivity index is 2.88. The summed E-state index contributed by atoms with van der Waals surface area (Å²) in [6.07, 6.45) is 7.36. The van der Waals surface area contributed by atoms with Crippen LogP contribution >= 0.6 is 15.9 Å². The zero-order chi connectivity index (χ0) is 8.97. The van der Waals surface area contributed by atoms with Gasteiger partial charge in [0.15, 0.2) is 0 Å². The van der Waals surface area contributed by atoms with E-state index in [0.29, 0.717) is 6.42 Å². The molecule has 62 valence electrons. The van der Waals surface area contributed by atoms with Crippen molar-refractivity contribution in [2.45, 2.75) is 12.5 Å². The van der Waals surface area contributed by atoms with Crippen LogP contribution in [0.25, 0.3) is 0 Å². The molecule has 0 spiro atoms. The lowest BCUT2D eigenvalue weighted by atomic mass is 10.1. The molecule has 0 saturated heterocycles. The number of nitrogens with zero attached hydrogens (tertiary/aromatic N) is 1. The van der Waals surface area contributed by atoms with Crippen LogP contribution in [-0.4, -0.2) is 4.98 Å². The molecule has 0 aromatic carbocycles. The number of aromatic nitrogens is 1. The van der Waals surface area contributed by atoms with E-state index < -0.39 is 0 Å². The lowest BCUT2D eigenvalue weighted by molar-refractivity contribution is 0.720. The van der Waals surface area contributed by atoms with E-state index in [1.165, 1.54) is 0 Å². The summed E-state index contributed by atoms with van der Waals surface area (Å²) < 4.78 is 0.910. The van der Waals surface area contributed by atoms with Crippen LogP contribution < -0.4 is 5.73 Å². The minimum Gasteiger partial charge on any atom is -0.322 e. The van der Waals surface area contributed by atoms with Gasteiger partial charge in [-0.1, -0.05) is 0 Å². The monoisotopic (exact) mass is 224 g/mol. The van der Waals surface area contributed by atoms with Crippen molar-refractivity contribution in [3.8, 4) is 12.3 Å². The molecule has 1 heterocycles. The van der Waals surface area contributed by atoms with Gasteiger partial charge in [-0.05, 0) is 28.1 Å². The first-order valence-electron chi connectivity index (χ1n) is 3.55. The van der Waals surface area contributed by atoms with Gasteiger partial charge in [0, 0.05) is 17.1 Å². The summed E-state index contributed by atoms with van der Waals surface area (Å²) in [4.78, 5) is 4.13. The van der Waals surface area contributed by atoms with Gasteiger partial charge in [-0.3, -0.25) is 4.98 Å². The fourth-order valence-corrected chi connectivity index (χ4v) is 1.44. The molecule has 2 N–H and O–H groups in total. The average Bonchev–Trinajstić information content (AvgIpc) is 2.05. The van der Waals surface area contributed by atoms with E-state index in [4.69, 9.17) is 12.2 Å². The molecule has 0 saturated carbocycles. The summed E-state index contributed by atoms with van der Waals surface area (Å²) in [5.41, 5.74) is 6.59. The highest BCUT2D eigenvalue weighted by atomic mass is 79.9. The van der Waals surface area contributed by atoms with Crippen LogP contribution in [0.5, 0.6) is 0 Å². The zero-order valence-electron chi connectivity index (χ0n) is 6.50. The van der Waals surface area contributed by atoms with Crippen LogP contribution in [0.3, 0.4) is 0 Å². The predicted octanol–water partition coefficient (Wildman–Crippen LogP) is 1.87. The molecule has 0 amide bonds. The van der Waals surface area contributed by atoms with Crippen molar-refractivity contribution in [2.75, 3.05) is 0 Å². The number of terminal acetylenes is 1. The summed E-state index contributed by atoms with van der Waals surface area (Å²) >= 11 is 3.36. The fourth-order valence-electron chi connectivity index (χ4n) is 0.894. The quantitative estimate of drug-likeness (QED) is 0.780. The molecule has 1 unspecified atom stereocenters. The van der Waals surface area contributed by atoms with E-state index in [1.54, 1.807) is 6.20 Å². The van der Waals surface area contributed by atoms with Crippen LogP contribution in [0.1, 0.15) is 18.2 Å². The molecule has 0 aliphatic heterocycles. The Morgan fingerprint density at radius 3 is 3.08 bits per heavy atom. The Labute approximate surface area is 80.3 Å². The van der Waals surface area contributed by atoms with E-state index in [9.17, 15) is 0 Å². The number of halogens is 1. The van der Waals surface area contributed by atoms with Gasteiger partial charge in [0.2, 0.25) is 0 Å². The highest BCUT2D eigenvalue weighted by Gasteiger charge is 2.08. The molecule has 1 aromatic rings. The van der Waals surface area contributed by atoms with E-state index in [1.807, 2.05) is 12.1 Å². The third-order valence-corrected chi connectivity index (χ3v) is 2.15. The van der Waals surface area contributed by atoms with Crippen molar-refractivity contribution in [1.82, 2.24) is 4.98 Å². The third-order valence-electron chi connectivity index (χ3n) is 1.48. The summed E-state index contributed by atoms with van der Waals surface area (Å²) in [6, 6.07) is 3.57. The normalized spacial score (nSPS) is 12.1. The van der Waals surface area contributed by atoms with Gasteiger partial charge >= 0.3 is 0 Å². The molecule has 12 heavy (non-hydrogen) atoms. The van der Waals surface area contributed by atoms with Gasteiger partial charge in [-0.2, -0.15) is 0 Å². The summed E-state index contributed by atoms with van der Waals surface area (Å²) in [5, 5.41) is 0. The number of nitrogens with two attached hydrogens (primary N) is 1. The third kappa shape index (κ3) is 2.07. The smallest absolute Gasteiger partial charge is 0.0722 e. The van der Waals surface area contributed by atoms with E-state index in [-0.39, 0.29) is 6.04 Å². The first-order valence-corrected chi connectivity index (χ1v) is 4.34. The first-order chi connectivity index (χ1) is 5.75. The van der Waals surface area contributed by atoms with Crippen molar-refractivity contribution in [3.05, 3.63) is 28.5 Å². The number of pyridine rings is 1. The van der Waals surface area contributed by atoms with Gasteiger partial charge in [0.05, 0.1) is 11.7 Å². The average molecular weight is 225 g/mol.